The number of pyridine rings is 1. The Morgan fingerprint density at radius 2 is 1.50 bits per heavy atom. The molecule has 0 atom stereocenters. The lowest BCUT2D eigenvalue weighted by molar-refractivity contribution is 0.103. The van der Waals surface area contributed by atoms with E-state index in [9.17, 15) is 4.79 Å². The molecule has 0 saturated carbocycles. The SMILES string of the molecule is CC(C)c1cccc(C(C)C)c1C(=O)c1ccccn1. The van der Waals surface area contributed by atoms with Crippen LogP contribution in [0.2, 0.25) is 0 Å². The van der Waals surface area contributed by atoms with E-state index < -0.39 is 0 Å². The minimum absolute atomic E-state index is 0.0265. The fraction of sp³-hybridized carbons (Fsp3) is 0.333. The summed E-state index contributed by atoms with van der Waals surface area (Å²) in [5.74, 6) is 0.659. The summed E-state index contributed by atoms with van der Waals surface area (Å²) in [6.45, 7) is 8.48. The van der Waals surface area contributed by atoms with Crippen LogP contribution in [-0.4, -0.2) is 10.8 Å². The van der Waals surface area contributed by atoms with Crippen molar-refractivity contribution >= 4 is 5.78 Å². The molecule has 2 aromatic rings. The lowest BCUT2D eigenvalue weighted by atomic mass is 9.86. The molecule has 2 nitrogen and oxygen atoms in total. The minimum atomic E-state index is 0.0265. The summed E-state index contributed by atoms with van der Waals surface area (Å²) in [4.78, 5) is 17.0. The van der Waals surface area contributed by atoms with Crippen molar-refractivity contribution in [2.45, 2.75) is 39.5 Å². The first-order chi connectivity index (χ1) is 9.52. The molecule has 0 aliphatic rings. The molecule has 2 rings (SSSR count). The molecule has 0 unspecified atom stereocenters. The van der Waals surface area contributed by atoms with Gasteiger partial charge in [-0.1, -0.05) is 52.0 Å². The van der Waals surface area contributed by atoms with Crippen LogP contribution in [-0.2, 0) is 0 Å². The van der Waals surface area contributed by atoms with E-state index >= 15 is 0 Å². The molecular weight excluding hydrogens is 246 g/mol. The Labute approximate surface area is 120 Å². The highest BCUT2D eigenvalue weighted by Gasteiger charge is 2.21. The van der Waals surface area contributed by atoms with Gasteiger partial charge in [0.15, 0.2) is 0 Å². The Bertz CT molecular complexity index is 574. The van der Waals surface area contributed by atoms with Gasteiger partial charge in [0.1, 0.15) is 5.69 Å². The van der Waals surface area contributed by atoms with Gasteiger partial charge >= 0.3 is 0 Å². The van der Waals surface area contributed by atoms with Crippen LogP contribution in [0.3, 0.4) is 0 Å². The molecule has 0 bridgehead atoms. The van der Waals surface area contributed by atoms with Gasteiger partial charge in [0, 0.05) is 11.8 Å². The second kappa shape index (κ2) is 6.00. The lowest BCUT2D eigenvalue weighted by Crippen LogP contribution is -2.12. The minimum Gasteiger partial charge on any atom is -0.287 e. The monoisotopic (exact) mass is 267 g/mol. The maximum atomic E-state index is 12.8. The molecule has 20 heavy (non-hydrogen) atoms. The number of hydrogen-bond donors (Lipinski definition) is 0. The van der Waals surface area contributed by atoms with E-state index in [-0.39, 0.29) is 5.78 Å². The molecule has 0 aliphatic carbocycles. The van der Waals surface area contributed by atoms with Crippen molar-refractivity contribution < 1.29 is 4.79 Å². The van der Waals surface area contributed by atoms with Gasteiger partial charge < -0.3 is 0 Å². The van der Waals surface area contributed by atoms with Gasteiger partial charge in [-0.25, -0.2) is 0 Å². The Balaban J connectivity index is 2.62. The lowest BCUT2D eigenvalue weighted by Gasteiger charge is -2.18. The van der Waals surface area contributed by atoms with Crippen LogP contribution < -0.4 is 0 Å². The molecule has 0 fully saturated rings. The van der Waals surface area contributed by atoms with Crippen molar-refractivity contribution in [3.63, 3.8) is 0 Å². The number of hydrogen-bond acceptors (Lipinski definition) is 2. The van der Waals surface area contributed by atoms with Gasteiger partial charge in [-0.15, -0.1) is 0 Å². The predicted molar refractivity (Wildman–Crippen MR) is 82.3 cm³/mol. The maximum Gasteiger partial charge on any atom is 0.211 e. The number of carbonyl (C=O) groups is 1. The average molecular weight is 267 g/mol. The van der Waals surface area contributed by atoms with Crippen molar-refractivity contribution in [3.05, 3.63) is 65.0 Å². The fourth-order valence-electron chi connectivity index (χ4n) is 2.44. The maximum absolute atomic E-state index is 12.8. The molecule has 1 aromatic heterocycles. The number of carbonyl (C=O) groups excluding carboxylic acids is 1. The summed E-state index contributed by atoms with van der Waals surface area (Å²) in [6, 6.07) is 11.6. The zero-order chi connectivity index (χ0) is 14.7. The summed E-state index contributed by atoms with van der Waals surface area (Å²) in [5.41, 5.74) is 3.55. The van der Waals surface area contributed by atoms with Crippen LogP contribution in [0, 0.1) is 0 Å². The first kappa shape index (κ1) is 14.4. The van der Waals surface area contributed by atoms with Gasteiger partial charge in [-0.2, -0.15) is 0 Å². The van der Waals surface area contributed by atoms with Gasteiger partial charge in [0.05, 0.1) is 0 Å². The number of nitrogens with zero attached hydrogens (tertiary/aromatic N) is 1. The van der Waals surface area contributed by atoms with Crippen LogP contribution in [0.4, 0.5) is 0 Å². The molecule has 0 saturated heterocycles. The van der Waals surface area contributed by atoms with Gasteiger partial charge in [-0.3, -0.25) is 9.78 Å². The van der Waals surface area contributed by atoms with Crippen molar-refractivity contribution in [1.29, 1.82) is 0 Å². The van der Waals surface area contributed by atoms with Crippen molar-refractivity contribution in [2.24, 2.45) is 0 Å². The molecule has 2 heteroatoms. The Hall–Kier alpha value is -1.96. The third-order valence-electron chi connectivity index (χ3n) is 3.50. The van der Waals surface area contributed by atoms with Gasteiger partial charge in [0.25, 0.3) is 0 Å². The molecule has 0 spiro atoms. The Morgan fingerprint density at radius 1 is 0.900 bits per heavy atom. The van der Waals surface area contributed by atoms with E-state index in [1.54, 1.807) is 12.3 Å². The third-order valence-corrected chi connectivity index (χ3v) is 3.50. The van der Waals surface area contributed by atoms with E-state index in [0.717, 1.165) is 16.7 Å². The predicted octanol–water partition coefficient (Wildman–Crippen LogP) is 4.56. The molecule has 0 radical (unpaired) electrons. The number of benzene rings is 1. The normalized spacial score (nSPS) is 11.1. The highest BCUT2D eigenvalue weighted by atomic mass is 16.1. The van der Waals surface area contributed by atoms with Crippen LogP contribution in [0.15, 0.2) is 42.6 Å². The highest BCUT2D eigenvalue weighted by molar-refractivity contribution is 6.09. The van der Waals surface area contributed by atoms with Crippen molar-refractivity contribution in [3.8, 4) is 0 Å². The third kappa shape index (κ3) is 2.79. The fourth-order valence-corrected chi connectivity index (χ4v) is 2.44. The Morgan fingerprint density at radius 3 is 1.95 bits per heavy atom. The second-order valence-electron chi connectivity index (χ2n) is 5.66. The first-order valence-corrected chi connectivity index (χ1v) is 7.11. The molecule has 1 aromatic carbocycles. The van der Waals surface area contributed by atoms with Crippen molar-refractivity contribution in [2.75, 3.05) is 0 Å². The summed E-state index contributed by atoms with van der Waals surface area (Å²) in [6.07, 6.45) is 1.67. The number of aromatic nitrogens is 1. The zero-order valence-electron chi connectivity index (χ0n) is 12.6. The second-order valence-corrected chi connectivity index (χ2v) is 5.66. The summed E-state index contributed by atoms with van der Waals surface area (Å²) in [7, 11) is 0. The molecule has 0 aliphatic heterocycles. The van der Waals surface area contributed by atoms with E-state index in [4.69, 9.17) is 0 Å². The standard InChI is InChI=1S/C18H21NO/c1-12(2)14-8-7-9-15(13(3)4)17(14)18(20)16-10-5-6-11-19-16/h5-13H,1-4H3. The van der Waals surface area contributed by atoms with E-state index in [0.29, 0.717) is 17.5 Å². The first-order valence-electron chi connectivity index (χ1n) is 7.11. The molecular formula is C18H21NO. The van der Waals surface area contributed by atoms with Gasteiger partial charge in [-0.05, 0) is 35.1 Å². The topological polar surface area (TPSA) is 30.0 Å². The van der Waals surface area contributed by atoms with Crippen LogP contribution in [0.1, 0.15) is 66.7 Å². The molecule has 104 valence electrons. The molecule has 0 amide bonds. The molecule has 1 heterocycles. The highest BCUT2D eigenvalue weighted by Crippen LogP contribution is 2.29. The van der Waals surface area contributed by atoms with Crippen LogP contribution in [0.25, 0.3) is 0 Å². The van der Waals surface area contributed by atoms with E-state index in [1.807, 2.05) is 30.3 Å². The molecule has 0 N–H and O–H groups in total. The summed E-state index contributed by atoms with van der Waals surface area (Å²) < 4.78 is 0. The van der Waals surface area contributed by atoms with Gasteiger partial charge in [0.2, 0.25) is 5.78 Å². The number of rotatable bonds is 4. The van der Waals surface area contributed by atoms with E-state index in [1.165, 1.54) is 0 Å². The van der Waals surface area contributed by atoms with Crippen molar-refractivity contribution in [1.82, 2.24) is 4.98 Å². The average Bonchev–Trinajstić information content (AvgIpc) is 2.46. The summed E-state index contributed by atoms with van der Waals surface area (Å²) in [5, 5.41) is 0. The Kier molecular flexibility index (Phi) is 4.33. The van der Waals surface area contributed by atoms with E-state index in [2.05, 4.69) is 32.7 Å². The number of ketones is 1. The van der Waals surface area contributed by atoms with Crippen LogP contribution >= 0.6 is 0 Å². The smallest absolute Gasteiger partial charge is 0.211 e. The summed E-state index contributed by atoms with van der Waals surface area (Å²) >= 11 is 0. The largest absolute Gasteiger partial charge is 0.287 e. The van der Waals surface area contributed by atoms with Crippen LogP contribution in [0.5, 0.6) is 0 Å². The zero-order valence-corrected chi connectivity index (χ0v) is 12.6. The quantitative estimate of drug-likeness (QED) is 0.760.